The summed E-state index contributed by atoms with van der Waals surface area (Å²) in [5, 5.41) is 3.34. The average molecular weight is 266 g/mol. The minimum Gasteiger partial charge on any atom is -0.497 e. The molecule has 0 fully saturated rings. The van der Waals surface area contributed by atoms with Crippen molar-refractivity contribution in [3.05, 3.63) is 23.8 Å². The topological polar surface area (TPSA) is 73.6 Å². The minimum absolute atomic E-state index is 0.133. The molecule has 1 amide bonds. The van der Waals surface area contributed by atoms with Gasteiger partial charge in [-0.2, -0.15) is 0 Å². The molecule has 1 rings (SSSR count). The molecule has 1 unspecified atom stereocenters. The number of hydrogen-bond acceptors (Lipinski definition) is 4. The SMILES string of the molecule is COc1ccc(C(C)NCCCC(N)=O)c(OC)c1. The van der Waals surface area contributed by atoms with Crippen molar-refractivity contribution in [3.63, 3.8) is 0 Å². The number of carbonyl (C=O) groups excluding carboxylic acids is 1. The molecule has 1 atom stereocenters. The minimum atomic E-state index is -0.267. The highest BCUT2D eigenvalue weighted by atomic mass is 16.5. The molecule has 1 aromatic rings. The lowest BCUT2D eigenvalue weighted by atomic mass is 10.1. The Morgan fingerprint density at radius 1 is 1.37 bits per heavy atom. The van der Waals surface area contributed by atoms with Crippen molar-refractivity contribution < 1.29 is 14.3 Å². The number of carbonyl (C=O) groups is 1. The smallest absolute Gasteiger partial charge is 0.217 e. The predicted molar refractivity (Wildman–Crippen MR) is 74.4 cm³/mol. The highest BCUT2D eigenvalue weighted by Gasteiger charge is 2.11. The molecule has 5 nitrogen and oxygen atoms in total. The molecule has 0 radical (unpaired) electrons. The Labute approximate surface area is 114 Å². The van der Waals surface area contributed by atoms with Gasteiger partial charge in [0.15, 0.2) is 0 Å². The second-order valence-corrected chi connectivity index (χ2v) is 4.35. The Kier molecular flexibility index (Phi) is 6.15. The number of nitrogens with two attached hydrogens (primary N) is 1. The van der Waals surface area contributed by atoms with Gasteiger partial charge in [0.05, 0.1) is 14.2 Å². The molecule has 106 valence electrons. The summed E-state index contributed by atoms with van der Waals surface area (Å²) in [6, 6.07) is 5.87. The van der Waals surface area contributed by atoms with E-state index in [1.165, 1.54) is 0 Å². The standard InChI is InChI=1S/C14H22N2O3/c1-10(16-8-4-5-14(15)17)12-7-6-11(18-2)9-13(12)19-3/h6-7,9-10,16H,4-5,8H2,1-3H3,(H2,15,17). The van der Waals surface area contributed by atoms with Gasteiger partial charge in [-0.05, 0) is 26.0 Å². The van der Waals surface area contributed by atoms with Crippen LogP contribution in [0.15, 0.2) is 18.2 Å². The molecule has 0 saturated heterocycles. The molecule has 0 aliphatic heterocycles. The maximum Gasteiger partial charge on any atom is 0.217 e. The van der Waals surface area contributed by atoms with Gasteiger partial charge in [-0.1, -0.05) is 6.07 Å². The molecule has 0 saturated carbocycles. The van der Waals surface area contributed by atoms with Crippen molar-refractivity contribution in [1.82, 2.24) is 5.32 Å². The fourth-order valence-electron chi connectivity index (χ4n) is 1.87. The van der Waals surface area contributed by atoms with Crippen molar-refractivity contribution in [3.8, 4) is 11.5 Å². The maximum atomic E-state index is 10.6. The zero-order valence-corrected chi connectivity index (χ0v) is 11.7. The second kappa shape index (κ2) is 7.63. The summed E-state index contributed by atoms with van der Waals surface area (Å²) in [5.41, 5.74) is 6.16. The van der Waals surface area contributed by atoms with E-state index in [4.69, 9.17) is 15.2 Å². The second-order valence-electron chi connectivity index (χ2n) is 4.35. The van der Waals surface area contributed by atoms with E-state index in [0.29, 0.717) is 6.42 Å². The van der Waals surface area contributed by atoms with Crippen molar-refractivity contribution in [2.45, 2.75) is 25.8 Å². The highest BCUT2D eigenvalue weighted by molar-refractivity contribution is 5.73. The lowest BCUT2D eigenvalue weighted by Crippen LogP contribution is -2.22. The van der Waals surface area contributed by atoms with E-state index < -0.39 is 0 Å². The monoisotopic (exact) mass is 266 g/mol. The van der Waals surface area contributed by atoms with Gasteiger partial charge in [0.1, 0.15) is 11.5 Å². The number of rotatable bonds is 8. The van der Waals surface area contributed by atoms with Crippen molar-refractivity contribution in [1.29, 1.82) is 0 Å². The molecule has 19 heavy (non-hydrogen) atoms. The third-order valence-corrected chi connectivity index (χ3v) is 2.96. The Hall–Kier alpha value is -1.75. The molecule has 0 bridgehead atoms. The average Bonchev–Trinajstić information content (AvgIpc) is 2.42. The van der Waals surface area contributed by atoms with E-state index >= 15 is 0 Å². The quantitative estimate of drug-likeness (QED) is 0.701. The molecule has 1 aromatic carbocycles. The van der Waals surface area contributed by atoms with Crippen molar-refractivity contribution >= 4 is 5.91 Å². The Morgan fingerprint density at radius 2 is 2.11 bits per heavy atom. The maximum absolute atomic E-state index is 10.6. The largest absolute Gasteiger partial charge is 0.497 e. The number of ether oxygens (including phenoxy) is 2. The lowest BCUT2D eigenvalue weighted by molar-refractivity contribution is -0.118. The van der Waals surface area contributed by atoms with E-state index in [2.05, 4.69) is 12.2 Å². The van der Waals surface area contributed by atoms with Gasteiger partial charge < -0.3 is 20.5 Å². The van der Waals surface area contributed by atoms with E-state index in [1.54, 1.807) is 14.2 Å². The van der Waals surface area contributed by atoms with Crippen LogP contribution in [0.2, 0.25) is 0 Å². The van der Waals surface area contributed by atoms with Gasteiger partial charge in [0, 0.05) is 24.1 Å². The molecular weight excluding hydrogens is 244 g/mol. The van der Waals surface area contributed by atoms with Crippen molar-refractivity contribution in [2.75, 3.05) is 20.8 Å². The van der Waals surface area contributed by atoms with Crippen LogP contribution < -0.4 is 20.5 Å². The van der Waals surface area contributed by atoms with Crippen LogP contribution in [-0.4, -0.2) is 26.7 Å². The van der Waals surface area contributed by atoms with Crippen LogP contribution in [0.3, 0.4) is 0 Å². The Morgan fingerprint density at radius 3 is 2.68 bits per heavy atom. The fraction of sp³-hybridized carbons (Fsp3) is 0.500. The summed E-state index contributed by atoms with van der Waals surface area (Å²) in [6.07, 6.45) is 1.14. The third kappa shape index (κ3) is 4.79. The van der Waals surface area contributed by atoms with E-state index in [-0.39, 0.29) is 11.9 Å². The van der Waals surface area contributed by atoms with Crippen LogP contribution in [0.4, 0.5) is 0 Å². The summed E-state index contributed by atoms with van der Waals surface area (Å²) in [7, 11) is 3.26. The molecule has 5 heteroatoms. The summed E-state index contributed by atoms with van der Waals surface area (Å²) in [6.45, 7) is 2.79. The molecule has 0 aliphatic rings. The van der Waals surface area contributed by atoms with Gasteiger partial charge in [-0.25, -0.2) is 0 Å². The number of methoxy groups -OCH3 is 2. The third-order valence-electron chi connectivity index (χ3n) is 2.96. The van der Waals surface area contributed by atoms with E-state index in [0.717, 1.165) is 30.0 Å². The first-order valence-corrected chi connectivity index (χ1v) is 6.32. The van der Waals surface area contributed by atoms with Gasteiger partial charge in [-0.3, -0.25) is 4.79 Å². The molecule has 0 spiro atoms. The first kappa shape index (κ1) is 15.3. The molecule has 0 aromatic heterocycles. The van der Waals surface area contributed by atoms with Gasteiger partial charge >= 0.3 is 0 Å². The number of hydrogen-bond donors (Lipinski definition) is 2. The number of nitrogens with one attached hydrogen (secondary N) is 1. The van der Waals surface area contributed by atoms with Crippen molar-refractivity contribution in [2.24, 2.45) is 5.73 Å². The molecule has 0 heterocycles. The molecule has 0 aliphatic carbocycles. The van der Waals surface area contributed by atoms with E-state index in [1.807, 2.05) is 18.2 Å². The van der Waals surface area contributed by atoms with Gasteiger partial charge in [0.25, 0.3) is 0 Å². The number of primary amides is 1. The van der Waals surface area contributed by atoms with Crippen LogP contribution >= 0.6 is 0 Å². The van der Waals surface area contributed by atoms with Crippen LogP contribution in [0.25, 0.3) is 0 Å². The highest BCUT2D eigenvalue weighted by Crippen LogP contribution is 2.29. The Bertz CT molecular complexity index is 421. The summed E-state index contributed by atoms with van der Waals surface area (Å²) >= 11 is 0. The molecule has 3 N–H and O–H groups in total. The summed E-state index contributed by atoms with van der Waals surface area (Å²) in [4.78, 5) is 10.6. The van der Waals surface area contributed by atoms with Gasteiger partial charge in [0.2, 0.25) is 5.91 Å². The predicted octanol–water partition coefficient (Wildman–Crippen LogP) is 1.62. The summed E-state index contributed by atoms with van der Waals surface area (Å²) < 4.78 is 10.5. The van der Waals surface area contributed by atoms with Crippen LogP contribution in [0.5, 0.6) is 11.5 Å². The number of benzene rings is 1. The normalized spacial score (nSPS) is 11.9. The summed E-state index contributed by atoms with van der Waals surface area (Å²) in [5.74, 6) is 1.28. The van der Waals surface area contributed by atoms with Crippen LogP contribution in [0, 0.1) is 0 Å². The zero-order chi connectivity index (χ0) is 14.3. The zero-order valence-electron chi connectivity index (χ0n) is 11.7. The van der Waals surface area contributed by atoms with Gasteiger partial charge in [-0.15, -0.1) is 0 Å². The van der Waals surface area contributed by atoms with E-state index in [9.17, 15) is 4.79 Å². The van der Waals surface area contributed by atoms with Crippen LogP contribution in [-0.2, 0) is 4.79 Å². The van der Waals surface area contributed by atoms with Crippen LogP contribution in [0.1, 0.15) is 31.4 Å². The lowest BCUT2D eigenvalue weighted by Gasteiger charge is -2.18. The first-order valence-electron chi connectivity index (χ1n) is 6.32. The number of amides is 1. The fourth-order valence-corrected chi connectivity index (χ4v) is 1.87. The Balaban J connectivity index is 2.60. The first-order chi connectivity index (χ1) is 9.08. The molecular formula is C14H22N2O3.